The van der Waals surface area contributed by atoms with Gasteiger partial charge in [-0.15, -0.1) is 11.3 Å². The number of benzene rings is 1. The van der Waals surface area contributed by atoms with Crippen LogP contribution in [0.1, 0.15) is 35.1 Å². The lowest BCUT2D eigenvalue weighted by molar-refractivity contribution is -0.113. The van der Waals surface area contributed by atoms with Crippen molar-refractivity contribution in [1.82, 2.24) is 5.32 Å². The molecule has 3 rings (SSSR count). The monoisotopic (exact) mass is 342 g/mol. The van der Waals surface area contributed by atoms with E-state index in [1.807, 2.05) is 49.4 Å². The van der Waals surface area contributed by atoms with Crippen LogP contribution in [0.2, 0.25) is 0 Å². The van der Waals surface area contributed by atoms with E-state index in [1.165, 1.54) is 10.4 Å². The van der Waals surface area contributed by atoms with Gasteiger partial charge in [-0.3, -0.25) is 9.69 Å². The highest BCUT2D eigenvalue weighted by molar-refractivity contribution is 7.80. The summed E-state index contributed by atoms with van der Waals surface area (Å²) < 4.78 is 0. The zero-order chi connectivity index (χ0) is 16.6. The molecule has 1 fully saturated rings. The van der Waals surface area contributed by atoms with Gasteiger partial charge in [-0.1, -0.05) is 26.0 Å². The van der Waals surface area contributed by atoms with Gasteiger partial charge in [0.1, 0.15) is 5.70 Å². The van der Waals surface area contributed by atoms with Crippen molar-refractivity contribution in [2.45, 2.75) is 26.7 Å². The molecule has 23 heavy (non-hydrogen) atoms. The number of anilines is 1. The fraction of sp³-hybridized carbons (Fsp3) is 0.222. The molecule has 0 saturated carbocycles. The van der Waals surface area contributed by atoms with Gasteiger partial charge in [-0.25, -0.2) is 0 Å². The highest BCUT2D eigenvalue weighted by Crippen LogP contribution is 2.26. The topological polar surface area (TPSA) is 32.3 Å². The molecule has 0 atom stereocenters. The third-order valence-corrected chi connectivity index (χ3v) is 4.98. The molecule has 0 radical (unpaired) electrons. The van der Waals surface area contributed by atoms with Gasteiger partial charge in [0.05, 0.1) is 5.69 Å². The molecule has 2 heterocycles. The molecule has 1 amide bonds. The predicted molar refractivity (Wildman–Crippen MR) is 101 cm³/mol. The van der Waals surface area contributed by atoms with Crippen molar-refractivity contribution in [3.05, 3.63) is 57.4 Å². The van der Waals surface area contributed by atoms with Crippen LogP contribution in [0.4, 0.5) is 5.69 Å². The van der Waals surface area contributed by atoms with Crippen LogP contribution in [0.15, 0.2) is 42.1 Å². The zero-order valence-electron chi connectivity index (χ0n) is 13.3. The van der Waals surface area contributed by atoms with Crippen LogP contribution in [0.3, 0.4) is 0 Å². The molecule has 1 aromatic heterocycles. The Morgan fingerprint density at radius 3 is 2.43 bits per heavy atom. The van der Waals surface area contributed by atoms with Crippen molar-refractivity contribution in [3.63, 3.8) is 0 Å². The first-order valence-electron chi connectivity index (χ1n) is 7.49. The molecular formula is C18H18N2OS2. The lowest BCUT2D eigenvalue weighted by atomic mass is 10.0. The Morgan fingerprint density at radius 1 is 1.17 bits per heavy atom. The number of aryl methyl sites for hydroxylation is 1. The van der Waals surface area contributed by atoms with Crippen molar-refractivity contribution in [2.75, 3.05) is 4.90 Å². The molecule has 0 aliphatic carbocycles. The first kappa shape index (κ1) is 15.9. The minimum atomic E-state index is -0.113. The summed E-state index contributed by atoms with van der Waals surface area (Å²) in [5, 5.41) is 3.45. The number of nitrogens with zero attached hydrogens (tertiary/aromatic N) is 1. The van der Waals surface area contributed by atoms with E-state index in [2.05, 4.69) is 19.2 Å². The predicted octanol–water partition coefficient (Wildman–Crippen LogP) is 4.44. The Hall–Kier alpha value is -1.98. The van der Waals surface area contributed by atoms with Gasteiger partial charge in [0.2, 0.25) is 0 Å². The third kappa shape index (κ3) is 3.21. The number of hydrogen-bond acceptors (Lipinski definition) is 3. The van der Waals surface area contributed by atoms with Crippen molar-refractivity contribution < 1.29 is 4.79 Å². The SMILES string of the molecule is Cc1ccc(/C=C2/NC(=S)N(c3ccc(C(C)C)cc3)C2=O)s1. The Morgan fingerprint density at radius 2 is 1.87 bits per heavy atom. The van der Waals surface area contributed by atoms with Crippen LogP contribution < -0.4 is 10.2 Å². The van der Waals surface area contributed by atoms with E-state index in [1.54, 1.807) is 16.2 Å². The molecule has 1 aliphatic heterocycles. The summed E-state index contributed by atoms with van der Waals surface area (Å²) in [6, 6.07) is 12.0. The number of hydrogen-bond donors (Lipinski definition) is 1. The number of rotatable bonds is 3. The molecule has 1 aromatic carbocycles. The van der Waals surface area contributed by atoms with Crippen LogP contribution in [-0.4, -0.2) is 11.0 Å². The summed E-state index contributed by atoms with van der Waals surface area (Å²) in [4.78, 5) is 16.5. The second-order valence-electron chi connectivity index (χ2n) is 5.82. The maximum absolute atomic E-state index is 12.7. The van der Waals surface area contributed by atoms with E-state index in [9.17, 15) is 4.79 Å². The molecule has 1 saturated heterocycles. The van der Waals surface area contributed by atoms with E-state index in [0.29, 0.717) is 16.7 Å². The quantitative estimate of drug-likeness (QED) is 0.661. The van der Waals surface area contributed by atoms with Gasteiger partial charge in [0.15, 0.2) is 5.11 Å². The molecular weight excluding hydrogens is 324 g/mol. The van der Waals surface area contributed by atoms with Gasteiger partial charge in [0, 0.05) is 9.75 Å². The molecule has 118 valence electrons. The van der Waals surface area contributed by atoms with Gasteiger partial charge >= 0.3 is 0 Å². The first-order chi connectivity index (χ1) is 11.0. The molecule has 2 aromatic rings. The number of thiophene rings is 1. The lowest BCUT2D eigenvalue weighted by Gasteiger charge is -2.15. The van der Waals surface area contributed by atoms with E-state index in [0.717, 1.165) is 10.6 Å². The smallest absolute Gasteiger partial charge is 0.281 e. The van der Waals surface area contributed by atoms with Crippen molar-refractivity contribution in [3.8, 4) is 0 Å². The summed E-state index contributed by atoms with van der Waals surface area (Å²) in [5.74, 6) is 0.347. The average molecular weight is 342 g/mol. The van der Waals surface area contributed by atoms with Crippen LogP contribution >= 0.6 is 23.6 Å². The summed E-state index contributed by atoms with van der Waals surface area (Å²) >= 11 is 6.99. The minimum Gasteiger partial charge on any atom is -0.327 e. The molecule has 3 nitrogen and oxygen atoms in total. The second-order valence-corrected chi connectivity index (χ2v) is 7.53. The molecule has 1 aliphatic rings. The standard InChI is InChI=1S/C18H18N2OS2/c1-11(2)13-5-7-14(8-6-13)20-17(21)16(19-18(20)22)10-15-9-4-12(3)23-15/h4-11H,1-3H3,(H,19,22)/b16-10+. The normalized spacial score (nSPS) is 16.5. The van der Waals surface area contributed by atoms with Crippen LogP contribution in [0.25, 0.3) is 6.08 Å². The van der Waals surface area contributed by atoms with E-state index in [-0.39, 0.29) is 5.91 Å². The fourth-order valence-corrected chi connectivity index (χ4v) is 3.57. The zero-order valence-corrected chi connectivity index (χ0v) is 14.9. The highest BCUT2D eigenvalue weighted by Gasteiger charge is 2.32. The molecule has 1 N–H and O–H groups in total. The van der Waals surface area contributed by atoms with Crippen LogP contribution in [-0.2, 0) is 4.79 Å². The van der Waals surface area contributed by atoms with Gasteiger partial charge in [0.25, 0.3) is 5.91 Å². The number of nitrogens with one attached hydrogen (secondary N) is 1. The summed E-state index contributed by atoms with van der Waals surface area (Å²) in [7, 11) is 0. The third-order valence-electron chi connectivity index (χ3n) is 3.74. The van der Waals surface area contributed by atoms with Crippen molar-refractivity contribution in [2.24, 2.45) is 0 Å². The first-order valence-corrected chi connectivity index (χ1v) is 8.71. The lowest BCUT2D eigenvalue weighted by Crippen LogP contribution is -2.30. The summed E-state index contributed by atoms with van der Waals surface area (Å²) in [5.41, 5.74) is 2.55. The van der Waals surface area contributed by atoms with Crippen LogP contribution in [0.5, 0.6) is 0 Å². The second kappa shape index (κ2) is 6.26. The van der Waals surface area contributed by atoms with Gasteiger partial charge in [-0.05, 0) is 61.0 Å². The largest absolute Gasteiger partial charge is 0.327 e. The van der Waals surface area contributed by atoms with Gasteiger partial charge < -0.3 is 5.32 Å². The van der Waals surface area contributed by atoms with E-state index >= 15 is 0 Å². The Balaban J connectivity index is 1.88. The van der Waals surface area contributed by atoms with Crippen molar-refractivity contribution in [1.29, 1.82) is 0 Å². The number of amides is 1. The number of carbonyl (C=O) groups is 1. The minimum absolute atomic E-state index is 0.113. The highest BCUT2D eigenvalue weighted by atomic mass is 32.1. The maximum atomic E-state index is 12.7. The molecule has 5 heteroatoms. The fourth-order valence-electron chi connectivity index (χ4n) is 2.45. The van der Waals surface area contributed by atoms with Gasteiger partial charge in [-0.2, -0.15) is 0 Å². The summed E-state index contributed by atoms with van der Waals surface area (Å²) in [6.07, 6.45) is 1.86. The number of carbonyl (C=O) groups excluding carboxylic acids is 1. The Labute approximate surface area is 145 Å². The Bertz CT molecular complexity index is 788. The molecule has 0 bridgehead atoms. The van der Waals surface area contributed by atoms with E-state index in [4.69, 9.17) is 12.2 Å². The maximum Gasteiger partial charge on any atom is 0.281 e. The molecule has 0 spiro atoms. The number of thiocarbonyl (C=S) groups is 1. The van der Waals surface area contributed by atoms with E-state index < -0.39 is 0 Å². The average Bonchev–Trinajstić information content (AvgIpc) is 3.03. The Kier molecular flexibility index (Phi) is 4.33. The molecule has 0 unspecified atom stereocenters. The summed E-state index contributed by atoms with van der Waals surface area (Å²) in [6.45, 7) is 6.34. The van der Waals surface area contributed by atoms with Crippen molar-refractivity contribution >= 4 is 46.3 Å². The van der Waals surface area contributed by atoms with Crippen LogP contribution in [0, 0.1) is 6.92 Å².